The van der Waals surface area contributed by atoms with Gasteiger partial charge in [-0.3, -0.25) is 4.79 Å². The SMILES string of the molecule is CCNC(=O)N1CCN(C(=O)c2cc(F)cc(F)c2)CC1. The number of benzene rings is 1. The first-order valence-corrected chi connectivity index (χ1v) is 6.79. The van der Waals surface area contributed by atoms with Crippen LogP contribution in [0, 0.1) is 11.6 Å². The normalized spacial score (nSPS) is 15.0. The summed E-state index contributed by atoms with van der Waals surface area (Å²) in [4.78, 5) is 26.9. The van der Waals surface area contributed by atoms with Crippen molar-refractivity contribution < 1.29 is 18.4 Å². The maximum atomic E-state index is 13.1. The van der Waals surface area contributed by atoms with Gasteiger partial charge in [0.05, 0.1) is 0 Å². The van der Waals surface area contributed by atoms with Crippen LogP contribution in [0.3, 0.4) is 0 Å². The van der Waals surface area contributed by atoms with Gasteiger partial charge in [0.15, 0.2) is 0 Å². The molecule has 1 N–H and O–H groups in total. The Morgan fingerprint density at radius 2 is 1.57 bits per heavy atom. The van der Waals surface area contributed by atoms with Crippen LogP contribution in [-0.4, -0.2) is 54.5 Å². The quantitative estimate of drug-likeness (QED) is 0.898. The summed E-state index contributed by atoms with van der Waals surface area (Å²) in [6.45, 7) is 3.85. The number of rotatable bonds is 2. The summed E-state index contributed by atoms with van der Waals surface area (Å²) < 4.78 is 26.3. The topological polar surface area (TPSA) is 52.7 Å². The van der Waals surface area contributed by atoms with E-state index < -0.39 is 17.5 Å². The monoisotopic (exact) mass is 297 g/mol. The van der Waals surface area contributed by atoms with E-state index in [9.17, 15) is 18.4 Å². The lowest BCUT2D eigenvalue weighted by atomic mass is 10.1. The molecule has 1 aromatic rings. The zero-order valence-electron chi connectivity index (χ0n) is 11.7. The average molecular weight is 297 g/mol. The van der Waals surface area contributed by atoms with Crippen molar-refractivity contribution in [2.24, 2.45) is 0 Å². The van der Waals surface area contributed by atoms with Crippen LogP contribution >= 0.6 is 0 Å². The molecule has 0 atom stereocenters. The fraction of sp³-hybridized carbons (Fsp3) is 0.429. The van der Waals surface area contributed by atoms with Crippen LogP contribution in [0.2, 0.25) is 0 Å². The fourth-order valence-corrected chi connectivity index (χ4v) is 2.24. The van der Waals surface area contributed by atoms with Gasteiger partial charge in [-0.1, -0.05) is 0 Å². The summed E-state index contributed by atoms with van der Waals surface area (Å²) >= 11 is 0. The first kappa shape index (κ1) is 15.2. The van der Waals surface area contributed by atoms with Crippen molar-refractivity contribution in [3.63, 3.8) is 0 Å². The molecular weight excluding hydrogens is 280 g/mol. The van der Waals surface area contributed by atoms with Gasteiger partial charge >= 0.3 is 6.03 Å². The lowest BCUT2D eigenvalue weighted by Gasteiger charge is -2.34. The Kier molecular flexibility index (Phi) is 4.72. The number of hydrogen-bond donors (Lipinski definition) is 1. The first-order valence-electron chi connectivity index (χ1n) is 6.79. The summed E-state index contributed by atoms with van der Waals surface area (Å²) in [5.41, 5.74) is -0.0149. The highest BCUT2D eigenvalue weighted by Gasteiger charge is 2.25. The van der Waals surface area contributed by atoms with E-state index in [1.165, 1.54) is 4.90 Å². The Labute approximate surface area is 121 Å². The number of carbonyl (C=O) groups excluding carboxylic acids is 2. The van der Waals surface area contributed by atoms with E-state index in [1.54, 1.807) is 4.90 Å². The minimum absolute atomic E-state index is 0.0149. The molecule has 2 rings (SSSR count). The highest BCUT2D eigenvalue weighted by molar-refractivity contribution is 5.94. The van der Waals surface area contributed by atoms with Gasteiger partial charge in [0.1, 0.15) is 11.6 Å². The minimum Gasteiger partial charge on any atom is -0.338 e. The third-order valence-corrected chi connectivity index (χ3v) is 3.29. The van der Waals surface area contributed by atoms with Crippen molar-refractivity contribution in [2.45, 2.75) is 6.92 Å². The van der Waals surface area contributed by atoms with E-state index in [0.717, 1.165) is 18.2 Å². The van der Waals surface area contributed by atoms with Crippen LogP contribution in [0.4, 0.5) is 13.6 Å². The molecule has 0 spiro atoms. The molecule has 0 unspecified atom stereocenters. The summed E-state index contributed by atoms with van der Waals surface area (Å²) in [6.07, 6.45) is 0. The molecule has 0 aliphatic carbocycles. The number of urea groups is 1. The van der Waals surface area contributed by atoms with Gasteiger partial charge in [0, 0.05) is 44.4 Å². The molecule has 0 bridgehead atoms. The molecule has 0 aromatic heterocycles. The highest BCUT2D eigenvalue weighted by atomic mass is 19.1. The molecular formula is C14H17F2N3O2. The molecule has 5 nitrogen and oxygen atoms in total. The molecule has 0 saturated carbocycles. The standard InChI is InChI=1S/C14H17F2N3O2/c1-2-17-14(21)19-5-3-18(4-6-19)13(20)10-7-11(15)9-12(16)8-10/h7-9H,2-6H2,1H3,(H,17,21). The second-order valence-electron chi connectivity index (χ2n) is 4.77. The second kappa shape index (κ2) is 6.51. The van der Waals surface area contributed by atoms with Crippen molar-refractivity contribution in [1.29, 1.82) is 0 Å². The highest BCUT2D eigenvalue weighted by Crippen LogP contribution is 2.12. The third kappa shape index (κ3) is 3.68. The van der Waals surface area contributed by atoms with Gasteiger partial charge in [0.2, 0.25) is 0 Å². The fourth-order valence-electron chi connectivity index (χ4n) is 2.24. The molecule has 1 saturated heterocycles. The van der Waals surface area contributed by atoms with Crippen molar-refractivity contribution in [3.8, 4) is 0 Å². The molecule has 0 radical (unpaired) electrons. The molecule has 21 heavy (non-hydrogen) atoms. The van der Waals surface area contributed by atoms with Crippen molar-refractivity contribution in [3.05, 3.63) is 35.4 Å². The molecule has 1 aliphatic rings. The van der Waals surface area contributed by atoms with Gasteiger partial charge in [-0.25, -0.2) is 13.6 Å². The van der Waals surface area contributed by atoms with E-state index in [1.807, 2.05) is 6.92 Å². The van der Waals surface area contributed by atoms with E-state index >= 15 is 0 Å². The Bertz CT molecular complexity index is 523. The molecule has 1 heterocycles. The van der Waals surface area contributed by atoms with Gasteiger partial charge in [0.25, 0.3) is 5.91 Å². The summed E-state index contributed by atoms with van der Waals surface area (Å²) in [5.74, 6) is -1.98. The van der Waals surface area contributed by atoms with Crippen LogP contribution in [0.5, 0.6) is 0 Å². The van der Waals surface area contributed by atoms with Gasteiger partial charge < -0.3 is 15.1 Å². The summed E-state index contributed by atoms with van der Waals surface area (Å²) in [6, 6.07) is 2.59. The number of nitrogens with zero attached hydrogens (tertiary/aromatic N) is 2. The molecule has 1 aliphatic heterocycles. The number of piperazine rings is 1. The third-order valence-electron chi connectivity index (χ3n) is 3.29. The minimum atomic E-state index is -0.778. The van der Waals surface area contributed by atoms with Crippen LogP contribution in [-0.2, 0) is 0 Å². The number of halogens is 2. The first-order chi connectivity index (χ1) is 10.0. The Morgan fingerprint density at radius 3 is 2.10 bits per heavy atom. The molecule has 7 heteroatoms. The predicted octanol–water partition coefficient (Wildman–Crippen LogP) is 1.45. The smallest absolute Gasteiger partial charge is 0.317 e. The van der Waals surface area contributed by atoms with E-state index in [2.05, 4.69) is 5.32 Å². The molecule has 1 aromatic carbocycles. The molecule has 114 valence electrons. The van der Waals surface area contributed by atoms with Gasteiger partial charge in [-0.05, 0) is 19.1 Å². The van der Waals surface area contributed by atoms with Gasteiger partial charge in [-0.2, -0.15) is 0 Å². The summed E-state index contributed by atoms with van der Waals surface area (Å²) in [5, 5.41) is 2.69. The Morgan fingerprint density at radius 1 is 1.05 bits per heavy atom. The predicted molar refractivity (Wildman–Crippen MR) is 72.9 cm³/mol. The van der Waals surface area contributed by atoms with E-state index in [-0.39, 0.29) is 11.6 Å². The van der Waals surface area contributed by atoms with Crippen molar-refractivity contribution in [1.82, 2.24) is 15.1 Å². The second-order valence-corrected chi connectivity index (χ2v) is 4.77. The zero-order valence-corrected chi connectivity index (χ0v) is 11.7. The lowest BCUT2D eigenvalue weighted by Crippen LogP contribution is -2.53. The lowest BCUT2D eigenvalue weighted by molar-refractivity contribution is 0.0664. The Hall–Kier alpha value is -2.18. The molecule has 1 fully saturated rings. The maximum absolute atomic E-state index is 13.1. The summed E-state index contributed by atoms with van der Waals surface area (Å²) in [7, 11) is 0. The average Bonchev–Trinajstić information content (AvgIpc) is 2.46. The number of amides is 3. The van der Waals surface area contributed by atoms with Crippen LogP contribution in [0.25, 0.3) is 0 Å². The zero-order chi connectivity index (χ0) is 15.4. The van der Waals surface area contributed by atoms with E-state index in [4.69, 9.17) is 0 Å². The number of nitrogens with one attached hydrogen (secondary N) is 1. The largest absolute Gasteiger partial charge is 0.338 e. The van der Waals surface area contributed by atoms with Crippen LogP contribution in [0.15, 0.2) is 18.2 Å². The number of hydrogen-bond acceptors (Lipinski definition) is 2. The van der Waals surface area contributed by atoms with Gasteiger partial charge in [-0.15, -0.1) is 0 Å². The molecule has 3 amide bonds. The Balaban J connectivity index is 1.98. The van der Waals surface area contributed by atoms with Crippen LogP contribution in [0.1, 0.15) is 17.3 Å². The van der Waals surface area contributed by atoms with Crippen molar-refractivity contribution in [2.75, 3.05) is 32.7 Å². The number of carbonyl (C=O) groups is 2. The van der Waals surface area contributed by atoms with E-state index in [0.29, 0.717) is 32.7 Å². The van der Waals surface area contributed by atoms with Crippen molar-refractivity contribution >= 4 is 11.9 Å². The van der Waals surface area contributed by atoms with Crippen LogP contribution < -0.4 is 5.32 Å². The maximum Gasteiger partial charge on any atom is 0.317 e.